The first kappa shape index (κ1) is 13.6. The summed E-state index contributed by atoms with van der Waals surface area (Å²) in [4.78, 5) is 15.1. The van der Waals surface area contributed by atoms with E-state index in [0.29, 0.717) is 11.3 Å². The first-order chi connectivity index (χ1) is 9.91. The van der Waals surface area contributed by atoms with Gasteiger partial charge in [0.2, 0.25) is 5.43 Å². The first-order valence-electron chi connectivity index (χ1n) is 6.14. The van der Waals surface area contributed by atoms with Crippen LogP contribution in [0.3, 0.4) is 0 Å². The van der Waals surface area contributed by atoms with Crippen LogP contribution in [-0.2, 0) is 7.05 Å². The molecule has 7 heteroatoms. The van der Waals surface area contributed by atoms with E-state index < -0.39 is 17.0 Å². The zero-order chi connectivity index (χ0) is 15.3. The number of aromatic hydroxyl groups is 1. The number of halogens is 2. The number of aromatic nitrogens is 3. The second-order valence-corrected chi connectivity index (χ2v) is 5.11. The van der Waals surface area contributed by atoms with Gasteiger partial charge in [-0.05, 0) is 19.1 Å². The van der Waals surface area contributed by atoms with E-state index in [1.54, 1.807) is 14.0 Å². The van der Waals surface area contributed by atoms with Crippen molar-refractivity contribution < 1.29 is 9.50 Å². The molecule has 0 saturated carbocycles. The molecule has 0 radical (unpaired) electrons. The van der Waals surface area contributed by atoms with E-state index in [1.165, 1.54) is 22.9 Å². The van der Waals surface area contributed by atoms with Crippen LogP contribution in [0.25, 0.3) is 22.3 Å². The van der Waals surface area contributed by atoms with Crippen molar-refractivity contribution in [1.29, 1.82) is 0 Å². The van der Waals surface area contributed by atoms with E-state index in [4.69, 9.17) is 11.6 Å². The van der Waals surface area contributed by atoms with E-state index >= 15 is 0 Å². The summed E-state index contributed by atoms with van der Waals surface area (Å²) in [7, 11) is 1.65. The summed E-state index contributed by atoms with van der Waals surface area (Å²) in [5.41, 5.74) is 0.164. The van der Waals surface area contributed by atoms with Gasteiger partial charge >= 0.3 is 0 Å². The van der Waals surface area contributed by atoms with Gasteiger partial charge in [0, 0.05) is 7.05 Å². The summed E-state index contributed by atoms with van der Waals surface area (Å²) >= 11 is 5.99. The van der Waals surface area contributed by atoms with Crippen LogP contribution >= 0.6 is 11.6 Å². The van der Waals surface area contributed by atoms with Crippen LogP contribution < -0.4 is 5.43 Å². The lowest BCUT2D eigenvalue weighted by Gasteiger charge is -2.09. The molecule has 2 N–H and O–H groups in total. The number of hydrogen-bond donors (Lipinski definition) is 2. The molecule has 1 aromatic carbocycles. The van der Waals surface area contributed by atoms with Crippen LogP contribution in [0.5, 0.6) is 5.75 Å². The lowest BCUT2D eigenvalue weighted by molar-refractivity contribution is 0.470. The molecule has 3 aromatic rings. The van der Waals surface area contributed by atoms with E-state index in [1.807, 2.05) is 0 Å². The molecule has 0 spiro atoms. The Morgan fingerprint density at radius 1 is 1.43 bits per heavy atom. The number of aryl methyl sites for hydroxylation is 2. The molecular formula is C14H11ClFN3O2. The molecule has 0 amide bonds. The van der Waals surface area contributed by atoms with Crippen LogP contribution in [0.2, 0.25) is 5.02 Å². The number of fused-ring (bicyclic) bond motifs is 1. The Morgan fingerprint density at radius 3 is 2.81 bits per heavy atom. The monoisotopic (exact) mass is 307 g/mol. The van der Waals surface area contributed by atoms with Gasteiger partial charge in [-0.15, -0.1) is 0 Å². The maximum atomic E-state index is 14.0. The van der Waals surface area contributed by atoms with Gasteiger partial charge < -0.3 is 10.1 Å². The van der Waals surface area contributed by atoms with Crippen LogP contribution in [0.1, 0.15) is 5.69 Å². The van der Waals surface area contributed by atoms with Gasteiger partial charge in [-0.3, -0.25) is 9.48 Å². The molecule has 21 heavy (non-hydrogen) atoms. The number of nitrogens with one attached hydrogen (secondary N) is 1. The number of pyridine rings is 1. The van der Waals surface area contributed by atoms with Crippen LogP contribution in [0, 0.1) is 12.7 Å². The van der Waals surface area contributed by atoms with Crippen LogP contribution in [0.4, 0.5) is 4.39 Å². The third-order valence-electron chi connectivity index (χ3n) is 3.36. The number of hydrogen-bond acceptors (Lipinski definition) is 3. The maximum Gasteiger partial charge on any atom is 0.235 e. The highest BCUT2D eigenvalue weighted by molar-refractivity contribution is 6.33. The predicted molar refractivity (Wildman–Crippen MR) is 78.1 cm³/mol. The molecule has 3 rings (SSSR count). The van der Waals surface area contributed by atoms with Gasteiger partial charge in [0.1, 0.15) is 11.5 Å². The van der Waals surface area contributed by atoms with Crippen molar-refractivity contribution in [3.05, 3.63) is 45.0 Å². The van der Waals surface area contributed by atoms with Crippen molar-refractivity contribution in [2.75, 3.05) is 0 Å². The SMILES string of the molecule is Cc1nn(C)c2[nH]c(-c3c(F)cccc3Cl)c(O)c(=O)c12. The highest BCUT2D eigenvalue weighted by atomic mass is 35.5. The standard InChI is InChI=1S/C14H11ClFN3O2/c1-6-9-12(20)13(21)11(17-14(9)19(2)18-6)10-7(15)4-3-5-8(10)16/h3-5,21H,1-2H3,(H,17,20). The van der Waals surface area contributed by atoms with Crippen LogP contribution in [-0.4, -0.2) is 19.9 Å². The third kappa shape index (κ3) is 1.91. The Hall–Kier alpha value is -2.34. The summed E-state index contributed by atoms with van der Waals surface area (Å²) < 4.78 is 15.5. The Morgan fingerprint density at radius 2 is 2.14 bits per heavy atom. The Balaban J connectivity index is 2.48. The smallest absolute Gasteiger partial charge is 0.235 e. The fourth-order valence-electron chi connectivity index (χ4n) is 2.40. The second kappa shape index (κ2) is 4.60. The highest BCUT2D eigenvalue weighted by Crippen LogP contribution is 2.34. The van der Waals surface area contributed by atoms with E-state index in [0.717, 1.165) is 0 Å². The topological polar surface area (TPSA) is 70.9 Å². The van der Waals surface area contributed by atoms with E-state index in [-0.39, 0.29) is 21.7 Å². The Labute approximate surface area is 123 Å². The highest BCUT2D eigenvalue weighted by Gasteiger charge is 2.21. The molecule has 0 saturated heterocycles. The number of rotatable bonds is 1. The minimum Gasteiger partial charge on any atom is -0.503 e. The number of nitrogens with zero attached hydrogens (tertiary/aromatic N) is 2. The van der Waals surface area contributed by atoms with Gasteiger partial charge in [0.05, 0.1) is 27.4 Å². The molecule has 2 aromatic heterocycles. The van der Waals surface area contributed by atoms with Crippen molar-refractivity contribution in [2.24, 2.45) is 7.05 Å². The number of aromatic amines is 1. The lowest BCUT2D eigenvalue weighted by atomic mass is 10.1. The largest absolute Gasteiger partial charge is 0.503 e. The van der Waals surface area contributed by atoms with Crippen molar-refractivity contribution >= 4 is 22.6 Å². The lowest BCUT2D eigenvalue weighted by Crippen LogP contribution is -2.06. The molecule has 0 atom stereocenters. The average Bonchev–Trinajstić information content (AvgIpc) is 2.70. The molecule has 0 unspecified atom stereocenters. The molecule has 0 fully saturated rings. The summed E-state index contributed by atoms with van der Waals surface area (Å²) in [6, 6.07) is 4.14. The molecule has 5 nitrogen and oxygen atoms in total. The Bertz CT molecular complexity index is 910. The van der Waals surface area contributed by atoms with Gasteiger partial charge in [-0.1, -0.05) is 17.7 Å². The van der Waals surface area contributed by atoms with Crippen molar-refractivity contribution in [1.82, 2.24) is 14.8 Å². The second-order valence-electron chi connectivity index (χ2n) is 4.71. The summed E-state index contributed by atoms with van der Waals surface area (Å²) in [5, 5.41) is 14.6. The number of H-pyrrole nitrogens is 1. The van der Waals surface area contributed by atoms with Gasteiger partial charge in [-0.25, -0.2) is 4.39 Å². The molecule has 0 aliphatic carbocycles. The number of benzene rings is 1. The molecule has 0 aliphatic rings. The van der Waals surface area contributed by atoms with Gasteiger partial charge in [-0.2, -0.15) is 5.10 Å². The maximum absolute atomic E-state index is 14.0. The molecule has 2 heterocycles. The van der Waals surface area contributed by atoms with Gasteiger partial charge in [0.25, 0.3) is 0 Å². The quantitative estimate of drug-likeness (QED) is 0.726. The summed E-state index contributed by atoms with van der Waals surface area (Å²) in [6.45, 7) is 1.66. The zero-order valence-electron chi connectivity index (χ0n) is 11.2. The molecule has 108 valence electrons. The normalized spacial score (nSPS) is 11.2. The minimum atomic E-state index is -0.633. The van der Waals surface area contributed by atoms with Crippen molar-refractivity contribution in [3.63, 3.8) is 0 Å². The summed E-state index contributed by atoms with van der Waals surface area (Å²) in [5.74, 6) is -1.21. The molecule has 0 bridgehead atoms. The minimum absolute atomic E-state index is 0.0467. The third-order valence-corrected chi connectivity index (χ3v) is 3.67. The van der Waals surface area contributed by atoms with E-state index in [9.17, 15) is 14.3 Å². The molecular weight excluding hydrogens is 297 g/mol. The van der Waals surface area contributed by atoms with Crippen molar-refractivity contribution in [3.8, 4) is 17.0 Å². The fraction of sp³-hybridized carbons (Fsp3) is 0.143. The predicted octanol–water partition coefficient (Wildman–Crippen LogP) is 2.74. The fourth-order valence-corrected chi connectivity index (χ4v) is 2.66. The zero-order valence-corrected chi connectivity index (χ0v) is 12.0. The Kier molecular flexibility index (Phi) is 2.98. The molecule has 0 aliphatic heterocycles. The van der Waals surface area contributed by atoms with Crippen molar-refractivity contribution in [2.45, 2.75) is 6.92 Å². The van der Waals surface area contributed by atoms with Crippen LogP contribution in [0.15, 0.2) is 23.0 Å². The summed E-state index contributed by atoms with van der Waals surface area (Å²) in [6.07, 6.45) is 0. The van der Waals surface area contributed by atoms with E-state index in [2.05, 4.69) is 10.1 Å². The average molecular weight is 308 g/mol. The first-order valence-corrected chi connectivity index (χ1v) is 6.52. The van der Waals surface area contributed by atoms with Gasteiger partial charge in [0.15, 0.2) is 5.75 Å².